The van der Waals surface area contributed by atoms with Crippen molar-refractivity contribution in [3.63, 3.8) is 0 Å². The standard InChI is InChI=1S/C22H25N5O2/c28-20-14-24-21-19(25-20)12-17(13-23-21)22(29)27-7-3-6-26(8-9-27)18-10-15-4-1-2-5-16(15)11-18/h1-2,4-5,12-13,18H,3,6-11,14H2,(H,23,24)(H,25,28). The lowest BCUT2D eigenvalue weighted by Gasteiger charge is -2.27. The topological polar surface area (TPSA) is 77.6 Å². The van der Waals surface area contributed by atoms with Gasteiger partial charge in [-0.15, -0.1) is 0 Å². The van der Waals surface area contributed by atoms with E-state index in [0.29, 0.717) is 29.7 Å². The number of anilines is 2. The van der Waals surface area contributed by atoms with Crippen LogP contribution in [0.15, 0.2) is 36.5 Å². The van der Waals surface area contributed by atoms with Gasteiger partial charge in [-0.25, -0.2) is 4.98 Å². The largest absolute Gasteiger partial charge is 0.359 e. The third kappa shape index (κ3) is 3.58. The minimum absolute atomic E-state index is 0.0170. The first-order valence-electron chi connectivity index (χ1n) is 10.3. The number of fused-ring (bicyclic) bond motifs is 2. The first-order valence-corrected chi connectivity index (χ1v) is 10.3. The minimum atomic E-state index is -0.119. The van der Waals surface area contributed by atoms with E-state index in [-0.39, 0.29) is 18.4 Å². The molecule has 2 amide bonds. The number of amides is 2. The summed E-state index contributed by atoms with van der Waals surface area (Å²) in [6, 6.07) is 11.0. The molecule has 0 spiro atoms. The molecule has 150 valence electrons. The van der Waals surface area contributed by atoms with Crippen molar-refractivity contribution in [2.45, 2.75) is 25.3 Å². The highest BCUT2D eigenvalue weighted by Gasteiger charge is 2.29. The van der Waals surface area contributed by atoms with E-state index in [2.05, 4.69) is 44.8 Å². The molecule has 5 rings (SSSR count). The highest BCUT2D eigenvalue weighted by Crippen LogP contribution is 2.27. The van der Waals surface area contributed by atoms with E-state index >= 15 is 0 Å². The molecule has 0 atom stereocenters. The van der Waals surface area contributed by atoms with Crippen molar-refractivity contribution in [2.24, 2.45) is 0 Å². The molecule has 29 heavy (non-hydrogen) atoms. The van der Waals surface area contributed by atoms with Crippen LogP contribution in [0, 0.1) is 0 Å². The SMILES string of the molecule is O=C1CNc2ncc(C(=O)N3CCCN(C4Cc5ccccc5C4)CC3)cc2N1. The van der Waals surface area contributed by atoms with E-state index in [4.69, 9.17) is 0 Å². The molecule has 0 bridgehead atoms. The van der Waals surface area contributed by atoms with E-state index in [1.807, 2.05) is 4.90 Å². The number of carbonyl (C=O) groups excluding carboxylic acids is 2. The lowest BCUT2D eigenvalue weighted by atomic mass is 10.1. The molecule has 1 aliphatic carbocycles. The van der Waals surface area contributed by atoms with Gasteiger partial charge in [0.2, 0.25) is 5.91 Å². The Morgan fingerprint density at radius 3 is 2.66 bits per heavy atom. The normalized spacial score (nSPS) is 19.7. The van der Waals surface area contributed by atoms with E-state index in [1.54, 1.807) is 12.3 Å². The smallest absolute Gasteiger partial charge is 0.255 e. The summed E-state index contributed by atoms with van der Waals surface area (Å²) in [4.78, 5) is 33.4. The summed E-state index contributed by atoms with van der Waals surface area (Å²) in [6.07, 6.45) is 4.77. The summed E-state index contributed by atoms with van der Waals surface area (Å²) in [6.45, 7) is 3.58. The van der Waals surface area contributed by atoms with Gasteiger partial charge < -0.3 is 15.5 Å². The Morgan fingerprint density at radius 2 is 1.86 bits per heavy atom. The van der Waals surface area contributed by atoms with Gasteiger partial charge in [-0.3, -0.25) is 14.5 Å². The van der Waals surface area contributed by atoms with Crippen LogP contribution < -0.4 is 10.6 Å². The fourth-order valence-corrected chi connectivity index (χ4v) is 4.66. The molecule has 1 fully saturated rings. The first-order chi connectivity index (χ1) is 14.2. The predicted molar refractivity (Wildman–Crippen MR) is 111 cm³/mol. The molecule has 2 aromatic rings. The Hall–Kier alpha value is -2.93. The minimum Gasteiger partial charge on any atom is -0.359 e. The van der Waals surface area contributed by atoms with E-state index in [0.717, 1.165) is 38.9 Å². The Kier molecular flexibility index (Phi) is 4.67. The molecule has 2 aliphatic heterocycles. The molecule has 0 radical (unpaired) electrons. The maximum Gasteiger partial charge on any atom is 0.255 e. The molecule has 7 nitrogen and oxygen atoms in total. The molecule has 3 aliphatic rings. The molecule has 1 saturated heterocycles. The Labute approximate surface area is 170 Å². The van der Waals surface area contributed by atoms with Gasteiger partial charge in [0.05, 0.1) is 17.8 Å². The van der Waals surface area contributed by atoms with Crippen molar-refractivity contribution in [2.75, 3.05) is 43.4 Å². The maximum absolute atomic E-state index is 13.1. The summed E-state index contributed by atoms with van der Waals surface area (Å²) >= 11 is 0. The second-order valence-corrected chi connectivity index (χ2v) is 8.03. The van der Waals surface area contributed by atoms with Crippen molar-refractivity contribution in [1.29, 1.82) is 0 Å². The van der Waals surface area contributed by atoms with Crippen molar-refractivity contribution in [3.8, 4) is 0 Å². The predicted octanol–water partition coefficient (Wildman–Crippen LogP) is 1.76. The average Bonchev–Trinajstić information content (AvgIpc) is 3.02. The number of carbonyl (C=O) groups is 2. The average molecular weight is 391 g/mol. The number of benzene rings is 1. The number of hydrogen-bond acceptors (Lipinski definition) is 5. The maximum atomic E-state index is 13.1. The Bertz CT molecular complexity index is 935. The molecule has 0 unspecified atom stereocenters. The van der Waals surface area contributed by atoms with Crippen LogP contribution >= 0.6 is 0 Å². The van der Waals surface area contributed by atoms with Crippen LogP contribution in [0.4, 0.5) is 11.5 Å². The number of hydrogen-bond donors (Lipinski definition) is 2. The zero-order valence-electron chi connectivity index (χ0n) is 16.4. The number of aromatic nitrogens is 1. The van der Waals surface area contributed by atoms with Gasteiger partial charge in [0.1, 0.15) is 5.82 Å². The van der Waals surface area contributed by atoms with Gasteiger partial charge in [-0.1, -0.05) is 24.3 Å². The monoisotopic (exact) mass is 391 g/mol. The van der Waals surface area contributed by atoms with Crippen LogP contribution in [0.1, 0.15) is 27.9 Å². The number of rotatable bonds is 2. The molecule has 7 heteroatoms. The molecule has 1 aromatic heterocycles. The van der Waals surface area contributed by atoms with Crippen LogP contribution in [-0.2, 0) is 17.6 Å². The van der Waals surface area contributed by atoms with E-state index in [1.165, 1.54) is 11.1 Å². The number of nitrogens with zero attached hydrogens (tertiary/aromatic N) is 3. The van der Waals surface area contributed by atoms with Crippen LogP contribution in [0.25, 0.3) is 0 Å². The second kappa shape index (κ2) is 7.48. The Balaban J connectivity index is 1.25. The molecule has 2 N–H and O–H groups in total. The van der Waals surface area contributed by atoms with Gasteiger partial charge in [0.15, 0.2) is 0 Å². The molecule has 3 heterocycles. The fraction of sp³-hybridized carbons (Fsp3) is 0.409. The molecular weight excluding hydrogens is 366 g/mol. The van der Waals surface area contributed by atoms with Crippen LogP contribution in [-0.4, -0.2) is 65.4 Å². The lowest BCUT2D eigenvalue weighted by molar-refractivity contribution is -0.114. The van der Waals surface area contributed by atoms with E-state index in [9.17, 15) is 9.59 Å². The highest BCUT2D eigenvalue weighted by molar-refractivity contribution is 6.02. The highest BCUT2D eigenvalue weighted by atomic mass is 16.2. The summed E-state index contributed by atoms with van der Waals surface area (Å²) in [5.41, 5.74) is 4.03. The lowest BCUT2D eigenvalue weighted by Crippen LogP contribution is -2.40. The summed E-state index contributed by atoms with van der Waals surface area (Å²) in [5, 5.41) is 5.74. The van der Waals surface area contributed by atoms with Crippen molar-refractivity contribution < 1.29 is 9.59 Å². The summed E-state index contributed by atoms with van der Waals surface area (Å²) in [5.74, 6) is 0.479. The van der Waals surface area contributed by atoms with Gasteiger partial charge in [0.25, 0.3) is 5.91 Å². The second-order valence-electron chi connectivity index (χ2n) is 8.03. The number of pyridine rings is 1. The van der Waals surface area contributed by atoms with Gasteiger partial charge in [-0.05, 0) is 36.5 Å². The quantitative estimate of drug-likeness (QED) is 0.816. The van der Waals surface area contributed by atoms with Crippen molar-refractivity contribution in [1.82, 2.24) is 14.8 Å². The fourth-order valence-electron chi connectivity index (χ4n) is 4.66. The molecule has 1 aromatic carbocycles. The van der Waals surface area contributed by atoms with Gasteiger partial charge in [-0.2, -0.15) is 0 Å². The molecule has 0 saturated carbocycles. The summed E-state index contributed by atoms with van der Waals surface area (Å²) < 4.78 is 0. The third-order valence-corrected chi connectivity index (χ3v) is 6.19. The van der Waals surface area contributed by atoms with Crippen LogP contribution in [0.2, 0.25) is 0 Å². The zero-order chi connectivity index (χ0) is 19.8. The Morgan fingerprint density at radius 1 is 1.07 bits per heavy atom. The third-order valence-electron chi connectivity index (χ3n) is 6.19. The van der Waals surface area contributed by atoms with Gasteiger partial charge in [0, 0.05) is 38.4 Å². The number of nitrogens with one attached hydrogen (secondary N) is 2. The van der Waals surface area contributed by atoms with Crippen molar-refractivity contribution in [3.05, 3.63) is 53.2 Å². The molecular formula is C22H25N5O2. The first kappa shape index (κ1) is 18.1. The van der Waals surface area contributed by atoms with Crippen molar-refractivity contribution >= 4 is 23.3 Å². The van der Waals surface area contributed by atoms with E-state index < -0.39 is 0 Å². The van der Waals surface area contributed by atoms with Crippen LogP contribution in [0.5, 0.6) is 0 Å². The summed E-state index contributed by atoms with van der Waals surface area (Å²) in [7, 11) is 0. The van der Waals surface area contributed by atoms with Gasteiger partial charge >= 0.3 is 0 Å². The zero-order valence-corrected chi connectivity index (χ0v) is 16.4. The van der Waals surface area contributed by atoms with Crippen LogP contribution in [0.3, 0.4) is 0 Å².